The molecule has 0 aromatic carbocycles. The van der Waals surface area contributed by atoms with Gasteiger partial charge in [-0.3, -0.25) is 0 Å². The first-order valence-corrected chi connectivity index (χ1v) is 5.93. The molecule has 4 nitrogen and oxygen atoms in total. The number of aromatic nitrogens is 4. The predicted octanol–water partition coefficient (Wildman–Crippen LogP) is 3.06. The summed E-state index contributed by atoms with van der Waals surface area (Å²) < 4.78 is 1.65. The summed E-state index contributed by atoms with van der Waals surface area (Å²) in [6, 6.07) is 3.75. The van der Waals surface area contributed by atoms with Gasteiger partial charge in [-0.1, -0.05) is 25.4 Å². The molecule has 0 saturated heterocycles. The average Bonchev–Trinajstić information content (AvgIpc) is 2.59. The molecule has 2 aromatic heterocycles. The molecule has 0 aliphatic rings. The van der Waals surface area contributed by atoms with Crippen LogP contribution in [0.15, 0.2) is 12.1 Å². The van der Waals surface area contributed by atoms with Crippen molar-refractivity contribution in [3.8, 4) is 5.82 Å². The van der Waals surface area contributed by atoms with Gasteiger partial charge in [0.2, 0.25) is 0 Å². The zero-order chi connectivity index (χ0) is 12.6. The molecule has 2 aromatic rings. The molecule has 0 radical (unpaired) electrons. The largest absolute Gasteiger partial charge is 0.238 e. The van der Waals surface area contributed by atoms with Gasteiger partial charge in [0, 0.05) is 11.8 Å². The third kappa shape index (κ3) is 2.47. The van der Waals surface area contributed by atoms with Crippen molar-refractivity contribution in [2.24, 2.45) is 0 Å². The van der Waals surface area contributed by atoms with Gasteiger partial charge in [0.15, 0.2) is 5.82 Å². The lowest BCUT2D eigenvalue weighted by Crippen LogP contribution is -2.04. The second-order valence-corrected chi connectivity index (χ2v) is 4.76. The van der Waals surface area contributed by atoms with E-state index in [1.807, 2.05) is 26.0 Å². The van der Waals surface area contributed by atoms with Gasteiger partial charge in [0.05, 0.1) is 5.69 Å². The van der Waals surface area contributed by atoms with E-state index in [4.69, 9.17) is 11.6 Å². The Morgan fingerprint density at radius 1 is 1.18 bits per heavy atom. The smallest absolute Gasteiger partial charge is 0.159 e. The SMILES string of the molecule is Cc1cc(-n2nc(C(C)C)cc2Cl)nc(C)n1. The van der Waals surface area contributed by atoms with Gasteiger partial charge >= 0.3 is 0 Å². The number of hydrogen-bond donors (Lipinski definition) is 0. The maximum Gasteiger partial charge on any atom is 0.159 e. The Hall–Kier alpha value is -1.42. The Balaban J connectivity index is 2.52. The van der Waals surface area contributed by atoms with Crippen molar-refractivity contribution < 1.29 is 0 Å². The molecule has 2 rings (SSSR count). The summed E-state index contributed by atoms with van der Waals surface area (Å²) in [5.41, 5.74) is 1.87. The average molecular weight is 251 g/mol. The van der Waals surface area contributed by atoms with E-state index in [2.05, 4.69) is 28.9 Å². The van der Waals surface area contributed by atoms with Gasteiger partial charge < -0.3 is 0 Å². The number of nitrogens with zero attached hydrogens (tertiary/aromatic N) is 4. The number of aryl methyl sites for hydroxylation is 2. The van der Waals surface area contributed by atoms with E-state index in [0.717, 1.165) is 17.2 Å². The van der Waals surface area contributed by atoms with Crippen LogP contribution in [0, 0.1) is 13.8 Å². The predicted molar refractivity (Wildman–Crippen MR) is 67.7 cm³/mol. The first kappa shape index (κ1) is 12.0. The van der Waals surface area contributed by atoms with Gasteiger partial charge in [-0.15, -0.1) is 0 Å². The van der Waals surface area contributed by atoms with E-state index in [-0.39, 0.29) is 0 Å². The third-order valence-electron chi connectivity index (χ3n) is 2.45. The van der Waals surface area contributed by atoms with Crippen molar-refractivity contribution >= 4 is 11.6 Å². The highest BCUT2D eigenvalue weighted by atomic mass is 35.5. The molecular formula is C12H15ClN4. The molecule has 0 aliphatic heterocycles. The fourth-order valence-electron chi connectivity index (χ4n) is 1.62. The molecule has 90 valence electrons. The Labute approximate surface area is 106 Å². The summed E-state index contributed by atoms with van der Waals surface area (Å²) in [4.78, 5) is 8.58. The van der Waals surface area contributed by atoms with E-state index in [1.54, 1.807) is 4.68 Å². The topological polar surface area (TPSA) is 43.6 Å². The maximum absolute atomic E-state index is 6.17. The summed E-state index contributed by atoms with van der Waals surface area (Å²) in [5.74, 6) is 1.78. The summed E-state index contributed by atoms with van der Waals surface area (Å²) in [6.45, 7) is 7.95. The fourth-order valence-corrected chi connectivity index (χ4v) is 1.86. The second kappa shape index (κ2) is 4.45. The molecule has 0 spiro atoms. The lowest BCUT2D eigenvalue weighted by molar-refractivity contribution is 0.751. The van der Waals surface area contributed by atoms with Crippen molar-refractivity contribution in [2.75, 3.05) is 0 Å². The van der Waals surface area contributed by atoms with Gasteiger partial charge in [-0.25, -0.2) is 14.6 Å². The second-order valence-electron chi connectivity index (χ2n) is 4.37. The molecule has 0 N–H and O–H groups in total. The fraction of sp³-hybridized carbons (Fsp3) is 0.417. The summed E-state index contributed by atoms with van der Waals surface area (Å²) in [7, 11) is 0. The van der Waals surface area contributed by atoms with Crippen LogP contribution < -0.4 is 0 Å². The molecule has 0 atom stereocenters. The monoisotopic (exact) mass is 250 g/mol. The number of halogens is 1. The van der Waals surface area contributed by atoms with Crippen LogP contribution in [-0.2, 0) is 0 Å². The van der Waals surface area contributed by atoms with Crippen LogP contribution in [0.4, 0.5) is 0 Å². The van der Waals surface area contributed by atoms with Crippen LogP contribution in [0.5, 0.6) is 0 Å². The number of rotatable bonds is 2. The molecule has 0 fully saturated rings. The molecule has 5 heteroatoms. The quantitative estimate of drug-likeness (QED) is 0.823. The van der Waals surface area contributed by atoms with Gasteiger partial charge in [-0.05, 0) is 25.8 Å². The van der Waals surface area contributed by atoms with Gasteiger partial charge in [0.1, 0.15) is 11.0 Å². The van der Waals surface area contributed by atoms with Crippen LogP contribution in [0.3, 0.4) is 0 Å². The van der Waals surface area contributed by atoms with Crippen LogP contribution >= 0.6 is 11.6 Å². The number of hydrogen-bond acceptors (Lipinski definition) is 3. The van der Waals surface area contributed by atoms with E-state index >= 15 is 0 Å². The molecule has 0 amide bonds. The van der Waals surface area contributed by atoms with Crippen LogP contribution in [-0.4, -0.2) is 19.7 Å². The molecule has 0 aliphatic carbocycles. The van der Waals surface area contributed by atoms with Gasteiger partial charge in [-0.2, -0.15) is 5.10 Å². The minimum absolute atomic E-state index is 0.345. The highest BCUT2D eigenvalue weighted by Crippen LogP contribution is 2.21. The molecule has 2 heterocycles. The zero-order valence-corrected chi connectivity index (χ0v) is 11.2. The van der Waals surface area contributed by atoms with Crippen molar-refractivity contribution in [3.63, 3.8) is 0 Å². The maximum atomic E-state index is 6.17. The van der Waals surface area contributed by atoms with Crippen molar-refractivity contribution in [1.29, 1.82) is 0 Å². The molecule has 0 bridgehead atoms. The Morgan fingerprint density at radius 2 is 1.88 bits per heavy atom. The zero-order valence-electron chi connectivity index (χ0n) is 10.4. The first-order valence-electron chi connectivity index (χ1n) is 5.55. The Morgan fingerprint density at radius 3 is 2.41 bits per heavy atom. The highest BCUT2D eigenvalue weighted by molar-refractivity contribution is 6.29. The lowest BCUT2D eigenvalue weighted by atomic mass is 10.1. The van der Waals surface area contributed by atoms with E-state index in [0.29, 0.717) is 16.9 Å². The van der Waals surface area contributed by atoms with Crippen molar-refractivity contribution in [3.05, 3.63) is 34.5 Å². The normalized spacial score (nSPS) is 11.2. The standard InChI is InChI=1S/C12H15ClN4/c1-7(2)10-6-11(13)17(16-10)12-5-8(3)14-9(4)15-12/h5-7H,1-4H3. The van der Waals surface area contributed by atoms with Crippen molar-refractivity contribution in [1.82, 2.24) is 19.7 Å². The van der Waals surface area contributed by atoms with E-state index in [1.165, 1.54) is 0 Å². The first-order chi connectivity index (χ1) is 7.97. The summed E-state index contributed by atoms with van der Waals surface area (Å²) in [5, 5.41) is 5.03. The highest BCUT2D eigenvalue weighted by Gasteiger charge is 2.12. The third-order valence-corrected chi connectivity index (χ3v) is 2.72. The van der Waals surface area contributed by atoms with Crippen LogP contribution in [0.25, 0.3) is 5.82 Å². The Bertz CT molecular complexity index is 525. The minimum Gasteiger partial charge on any atom is -0.238 e. The van der Waals surface area contributed by atoms with E-state index in [9.17, 15) is 0 Å². The molecule has 17 heavy (non-hydrogen) atoms. The Kier molecular flexibility index (Phi) is 3.15. The van der Waals surface area contributed by atoms with Gasteiger partial charge in [0.25, 0.3) is 0 Å². The molecular weight excluding hydrogens is 236 g/mol. The summed E-state index contributed by atoms with van der Waals surface area (Å²) >= 11 is 6.17. The van der Waals surface area contributed by atoms with Crippen molar-refractivity contribution in [2.45, 2.75) is 33.6 Å². The molecule has 0 unspecified atom stereocenters. The van der Waals surface area contributed by atoms with E-state index < -0.39 is 0 Å². The van der Waals surface area contributed by atoms with Crippen LogP contribution in [0.1, 0.15) is 37.0 Å². The lowest BCUT2D eigenvalue weighted by Gasteiger charge is -2.04. The summed E-state index contributed by atoms with van der Waals surface area (Å²) in [6.07, 6.45) is 0. The minimum atomic E-state index is 0.345. The van der Waals surface area contributed by atoms with Crippen LogP contribution in [0.2, 0.25) is 5.15 Å². The molecule has 0 saturated carbocycles.